The molecule has 1 heterocycles. The molecule has 1 N–H and O–H groups in total. The molecule has 0 saturated heterocycles. The molecule has 2 aromatic rings. The second kappa shape index (κ2) is 10.1. The quantitative estimate of drug-likeness (QED) is 0.401. The second-order valence-electron chi connectivity index (χ2n) is 9.33. The van der Waals surface area contributed by atoms with Crippen molar-refractivity contribution in [1.82, 2.24) is 10.3 Å². The van der Waals surface area contributed by atoms with Crippen LogP contribution in [0.3, 0.4) is 0 Å². The average Bonchev–Trinajstić information content (AvgIpc) is 3.23. The third-order valence-corrected chi connectivity index (χ3v) is 8.12. The molecule has 4 nitrogen and oxygen atoms in total. The van der Waals surface area contributed by atoms with Crippen molar-refractivity contribution in [3.63, 3.8) is 0 Å². The maximum atomic E-state index is 13.5. The number of carbonyl (C=O) groups is 1. The first-order valence-electron chi connectivity index (χ1n) is 12.0. The Morgan fingerprint density at radius 3 is 2.27 bits per heavy atom. The van der Waals surface area contributed by atoms with Gasteiger partial charge in [-0.1, -0.05) is 75.4 Å². The van der Waals surface area contributed by atoms with Crippen LogP contribution in [0.4, 0.5) is 4.79 Å². The highest BCUT2D eigenvalue weighted by Crippen LogP contribution is 2.44. The summed E-state index contributed by atoms with van der Waals surface area (Å²) in [7, 11) is 0. The summed E-state index contributed by atoms with van der Waals surface area (Å²) >= 11 is 7.07. The van der Waals surface area contributed by atoms with Crippen molar-refractivity contribution in [3.05, 3.63) is 74.2 Å². The van der Waals surface area contributed by atoms with Crippen molar-refractivity contribution in [1.29, 1.82) is 0 Å². The van der Waals surface area contributed by atoms with E-state index in [1.54, 1.807) is 5.01 Å². The number of allylic oxidation sites excluding steroid dienone is 1. The zero-order valence-electron chi connectivity index (χ0n) is 18.6. The number of amides is 2. The van der Waals surface area contributed by atoms with E-state index in [1.165, 1.54) is 30.4 Å². The third-order valence-electron chi connectivity index (χ3n) is 7.06. The minimum atomic E-state index is -0.0645. The Bertz CT molecular complexity index is 1060. The van der Waals surface area contributed by atoms with Crippen LogP contribution in [0.2, 0.25) is 0 Å². The largest absolute Gasteiger partial charge is 0.338 e. The van der Waals surface area contributed by atoms with Crippen molar-refractivity contribution in [2.75, 3.05) is 0 Å². The van der Waals surface area contributed by atoms with Gasteiger partial charge in [-0.25, -0.2) is 9.80 Å². The van der Waals surface area contributed by atoms with Gasteiger partial charge in [-0.15, -0.1) is 0 Å². The van der Waals surface area contributed by atoms with Crippen molar-refractivity contribution in [2.45, 2.75) is 63.5 Å². The highest BCUT2D eigenvalue weighted by Gasteiger charge is 2.44. The number of rotatable bonds is 3. The molecule has 0 spiro atoms. The predicted octanol–water partition coefficient (Wildman–Crippen LogP) is 7.85. The number of hydrogen-bond donors (Lipinski definition) is 1. The van der Waals surface area contributed by atoms with E-state index in [9.17, 15) is 4.79 Å². The van der Waals surface area contributed by atoms with E-state index in [1.807, 2.05) is 0 Å². The maximum absolute atomic E-state index is 13.5. The molecule has 2 amide bonds. The molecule has 3 aliphatic rings. The number of benzene rings is 2. The number of hydrogen-bond acceptors (Lipinski definition) is 2. The fraction of sp³-hybridized carbons (Fsp3) is 0.407. The van der Waals surface area contributed by atoms with E-state index in [2.05, 4.69) is 91.8 Å². The van der Waals surface area contributed by atoms with Crippen molar-refractivity contribution < 1.29 is 4.79 Å². The Morgan fingerprint density at radius 2 is 1.58 bits per heavy atom. The molecule has 5 rings (SSSR count). The van der Waals surface area contributed by atoms with Gasteiger partial charge in [0.05, 0.1) is 11.8 Å². The summed E-state index contributed by atoms with van der Waals surface area (Å²) in [6, 6.07) is 16.9. The molecule has 2 atom stereocenters. The highest BCUT2D eigenvalue weighted by molar-refractivity contribution is 9.10. The fourth-order valence-electron chi connectivity index (χ4n) is 5.41. The van der Waals surface area contributed by atoms with Crippen LogP contribution in [0.1, 0.15) is 68.5 Å². The molecule has 0 radical (unpaired) electrons. The SMILES string of the molecule is O=C(NC1CCCCC1)N1N=C2/C(=C\c3ccc(Br)cc3)CCC[C@@H]2[C@H]1c1ccc(Br)cc1. The number of fused-ring (bicyclic) bond motifs is 1. The van der Waals surface area contributed by atoms with Crippen molar-refractivity contribution in [3.8, 4) is 0 Å². The molecule has 0 aromatic heterocycles. The van der Waals surface area contributed by atoms with Gasteiger partial charge in [-0.3, -0.25) is 0 Å². The molecular formula is C27H29Br2N3O. The van der Waals surface area contributed by atoms with Crippen LogP contribution < -0.4 is 5.32 Å². The lowest BCUT2D eigenvalue weighted by Gasteiger charge is -2.31. The zero-order chi connectivity index (χ0) is 22.8. The molecule has 2 saturated carbocycles. The molecule has 0 unspecified atom stereocenters. The van der Waals surface area contributed by atoms with Crippen LogP contribution >= 0.6 is 31.9 Å². The van der Waals surface area contributed by atoms with Crippen LogP contribution in [0, 0.1) is 5.92 Å². The fourth-order valence-corrected chi connectivity index (χ4v) is 5.94. The molecule has 6 heteroatoms. The minimum Gasteiger partial charge on any atom is -0.334 e. The Hall–Kier alpha value is -1.92. The standard InChI is InChI=1S/C27H29Br2N3O/c28-21-13-9-18(10-14-21)17-20-5-4-8-24-25(20)31-32(26(24)19-11-15-22(29)16-12-19)27(33)30-23-6-2-1-3-7-23/h9-17,23-24,26H,1-8H2,(H,30,33)/b20-17-/t24-,26+/m0/s1. The van der Waals surface area contributed by atoms with Gasteiger partial charge < -0.3 is 5.32 Å². The Morgan fingerprint density at radius 1 is 0.909 bits per heavy atom. The summed E-state index contributed by atoms with van der Waals surface area (Å²) in [6.45, 7) is 0. The second-order valence-corrected chi connectivity index (χ2v) is 11.2. The lowest BCUT2D eigenvalue weighted by Crippen LogP contribution is -2.44. The Labute approximate surface area is 212 Å². The third kappa shape index (κ3) is 5.12. The maximum Gasteiger partial charge on any atom is 0.338 e. The smallest absolute Gasteiger partial charge is 0.334 e. The minimum absolute atomic E-state index is 0.0558. The monoisotopic (exact) mass is 569 g/mol. The van der Waals surface area contributed by atoms with E-state index >= 15 is 0 Å². The van der Waals surface area contributed by atoms with E-state index in [0.29, 0.717) is 0 Å². The predicted molar refractivity (Wildman–Crippen MR) is 141 cm³/mol. The van der Waals surface area contributed by atoms with Gasteiger partial charge >= 0.3 is 6.03 Å². The number of nitrogens with one attached hydrogen (secondary N) is 1. The summed E-state index contributed by atoms with van der Waals surface area (Å²) in [5.74, 6) is 0.221. The first-order chi connectivity index (χ1) is 16.1. The Balaban J connectivity index is 1.48. The van der Waals surface area contributed by atoms with Gasteiger partial charge in [-0.2, -0.15) is 5.10 Å². The van der Waals surface area contributed by atoms with Gasteiger partial charge in [0.25, 0.3) is 0 Å². The molecular weight excluding hydrogens is 542 g/mol. The lowest BCUT2D eigenvalue weighted by atomic mass is 9.77. The molecule has 0 bridgehead atoms. The summed E-state index contributed by atoms with van der Waals surface area (Å²) in [6.07, 6.45) is 11.2. The summed E-state index contributed by atoms with van der Waals surface area (Å²) in [5, 5.41) is 10.0. The average molecular weight is 571 g/mol. The molecule has 1 aliphatic heterocycles. The molecule has 2 fully saturated rings. The molecule has 172 valence electrons. The van der Waals surface area contributed by atoms with E-state index in [0.717, 1.165) is 52.3 Å². The van der Waals surface area contributed by atoms with Gasteiger partial charge in [-0.05, 0) is 79.1 Å². The van der Waals surface area contributed by atoms with E-state index in [4.69, 9.17) is 5.10 Å². The number of urea groups is 1. The first-order valence-corrected chi connectivity index (χ1v) is 13.6. The van der Waals surface area contributed by atoms with Gasteiger partial charge in [0.1, 0.15) is 0 Å². The van der Waals surface area contributed by atoms with Crippen LogP contribution in [-0.2, 0) is 0 Å². The molecule has 2 aliphatic carbocycles. The van der Waals surface area contributed by atoms with Crippen LogP contribution in [0.5, 0.6) is 0 Å². The zero-order valence-corrected chi connectivity index (χ0v) is 21.8. The summed E-state index contributed by atoms with van der Waals surface area (Å²) < 4.78 is 2.12. The van der Waals surface area contributed by atoms with Crippen molar-refractivity contribution >= 4 is 49.7 Å². The van der Waals surface area contributed by atoms with Gasteiger partial charge in [0, 0.05) is 20.9 Å². The summed E-state index contributed by atoms with van der Waals surface area (Å²) in [4.78, 5) is 13.5. The van der Waals surface area contributed by atoms with E-state index < -0.39 is 0 Å². The number of hydrazone groups is 1. The summed E-state index contributed by atoms with van der Waals surface area (Å²) in [5.41, 5.74) is 4.65. The topological polar surface area (TPSA) is 44.7 Å². The first kappa shape index (κ1) is 22.9. The lowest BCUT2D eigenvalue weighted by molar-refractivity contribution is 0.167. The number of nitrogens with zero attached hydrogens (tertiary/aromatic N) is 2. The van der Waals surface area contributed by atoms with Crippen LogP contribution in [0.25, 0.3) is 6.08 Å². The normalized spacial score (nSPS) is 24.5. The number of halogens is 2. The van der Waals surface area contributed by atoms with Crippen LogP contribution in [-0.4, -0.2) is 22.8 Å². The van der Waals surface area contributed by atoms with E-state index in [-0.39, 0.29) is 24.0 Å². The highest BCUT2D eigenvalue weighted by atomic mass is 79.9. The van der Waals surface area contributed by atoms with Crippen LogP contribution in [0.15, 0.2) is 68.2 Å². The van der Waals surface area contributed by atoms with Gasteiger partial charge in [0.2, 0.25) is 0 Å². The molecule has 2 aromatic carbocycles. The van der Waals surface area contributed by atoms with Gasteiger partial charge in [0.15, 0.2) is 0 Å². The van der Waals surface area contributed by atoms with Crippen molar-refractivity contribution in [2.24, 2.45) is 11.0 Å². The number of carbonyl (C=O) groups excluding carboxylic acids is 1. The Kier molecular flexibility index (Phi) is 7.02. The molecule has 33 heavy (non-hydrogen) atoms.